The number of amides is 2. The highest BCUT2D eigenvalue weighted by Gasteiger charge is 2.12. The maximum atomic E-state index is 11.7. The second-order valence-corrected chi connectivity index (χ2v) is 4.38. The minimum absolute atomic E-state index is 0.203. The number of nitrogens with one attached hydrogen (secondary N) is 2. The van der Waals surface area contributed by atoms with Crippen LogP contribution in [0, 0.1) is 0 Å². The van der Waals surface area contributed by atoms with Crippen LogP contribution in [0.1, 0.15) is 17.3 Å². The first-order valence-corrected chi connectivity index (χ1v) is 6.57. The highest BCUT2D eigenvalue weighted by molar-refractivity contribution is 5.74. The Morgan fingerprint density at radius 2 is 1.86 bits per heavy atom. The van der Waals surface area contributed by atoms with Crippen molar-refractivity contribution in [3.63, 3.8) is 0 Å². The quantitative estimate of drug-likeness (QED) is 0.782. The van der Waals surface area contributed by atoms with Gasteiger partial charge in [0.25, 0.3) is 0 Å². The van der Waals surface area contributed by atoms with Crippen molar-refractivity contribution >= 4 is 12.3 Å². The molecule has 2 aromatic heterocycles. The Kier molecular flexibility index (Phi) is 5.40. The number of urea groups is 1. The molecule has 1 unspecified atom stereocenters. The molecule has 21 heavy (non-hydrogen) atoms. The molecule has 0 radical (unpaired) electrons. The molecule has 2 N–H and O–H groups in total. The molecule has 0 saturated heterocycles. The minimum atomic E-state index is -0.452. The number of carbonyl (C=O) groups is 2. The molecule has 6 heteroatoms. The Morgan fingerprint density at radius 1 is 1.10 bits per heavy atom. The molecule has 0 spiro atoms. The molecule has 2 aromatic rings. The lowest BCUT2D eigenvalue weighted by atomic mass is 10.1. The third-order valence-corrected chi connectivity index (χ3v) is 2.87. The molecule has 0 aliphatic rings. The number of pyridine rings is 2. The number of carbonyl (C=O) groups excluding carboxylic acids is 2. The molecule has 0 bridgehead atoms. The zero-order valence-electron chi connectivity index (χ0n) is 11.4. The summed E-state index contributed by atoms with van der Waals surface area (Å²) in [7, 11) is 0. The number of hydrogen-bond acceptors (Lipinski definition) is 4. The van der Waals surface area contributed by atoms with Gasteiger partial charge in [-0.2, -0.15) is 0 Å². The highest BCUT2D eigenvalue weighted by atomic mass is 16.2. The predicted octanol–water partition coefficient (Wildman–Crippen LogP) is 1.26. The van der Waals surface area contributed by atoms with Gasteiger partial charge in [0.15, 0.2) is 0 Å². The standard InChI is InChI=1S/C15H16N4O2/c20-11-12(14-6-2-4-8-17-14)9-18-15(21)19-10-13-5-1-3-7-16-13/h1-8,11-12H,9-10H2,(H2,18,19,21). The van der Waals surface area contributed by atoms with Gasteiger partial charge in [0.1, 0.15) is 6.29 Å². The van der Waals surface area contributed by atoms with Gasteiger partial charge in [-0.25, -0.2) is 4.79 Å². The van der Waals surface area contributed by atoms with Gasteiger partial charge in [0.05, 0.1) is 23.9 Å². The summed E-state index contributed by atoms with van der Waals surface area (Å²) in [5.74, 6) is -0.452. The van der Waals surface area contributed by atoms with Crippen LogP contribution in [0.15, 0.2) is 48.8 Å². The minimum Gasteiger partial charge on any atom is -0.337 e. The smallest absolute Gasteiger partial charge is 0.315 e. The van der Waals surface area contributed by atoms with Gasteiger partial charge in [-0.05, 0) is 24.3 Å². The van der Waals surface area contributed by atoms with E-state index in [0.717, 1.165) is 12.0 Å². The lowest BCUT2D eigenvalue weighted by Crippen LogP contribution is -2.38. The average molecular weight is 284 g/mol. The second kappa shape index (κ2) is 7.74. The van der Waals surface area contributed by atoms with Gasteiger partial charge in [-0.1, -0.05) is 12.1 Å². The van der Waals surface area contributed by atoms with E-state index in [-0.39, 0.29) is 12.6 Å². The van der Waals surface area contributed by atoms with Crippen LogP contribution in [0.4, 0.5) is 4.79 Å². The summed E-state index contributed by atoms with van der Waals surface area (Å²) in [4.78, 5) is 31.0. The summed E-state index contributed by atoms with van der Waals surface area (Å²) < 4.78 is 0. The maximum absolute atomic E-state index is 11.7. The number of hydrogen-bond donors (Lipinski definition) is 2. The fraction of sp³-hybridized carbons (Fsp3) is 0.200. The van der Waals surface area contributed by atoms with Crippen molar-refractivity contribution in [2.45, 2.75) is 12.5 Å². The van der Waals surface area contributed by atoms with Crippen LogP contribution in [0.25, 0.3) is 0 Å². The van der Waals surface area contributed by atoms with Crippen LogP contribution in [0.2, 0.25) is 0 Å². The van der Waals surface area contributed by atoms with Gasteiger partial charge in [-0.3, -0.25) is 9.97 Å². The topological polar surface area (TPSA) is 84.0 Å². The summed E-state index contributed by atoms with van der Waals surface area (Å²) in [5.41, 5.74) is 1.40. The van der Waals surface area contributed by atoms with E-state index in [0.29, 0.717) is 12.2 Å². The molecule has 2 amide bonds. The highest BCUT2D eigenvalue weighted by Crippen LogP contribution is 2.08. The summed E-state index contributed by atoms with van der Waals surface area (Å²) in [6.07, 6.45) is 4.06. The van der Waals surface area contributed by atoms with Gasteiger partial charge in [0.2, 0.25) is 0 Å². The molecule has 2 heterocycles. The Labute approximate surface area is 122 Å². The molecular formula is C15H16N4O2. The van der Waals surface area contributed by atoms with Crippen molar-refractivity contribution < 1.29 is 9.59 Å². The van der Waals surface area contributed by atoms with E-state index in [1.165, 1.54) is 0 Å². The molecule has 0 aliphatic carbocycles. The first kappa shape index (κ1) is 14.6. The normalized spacial score (nSPS) is 11.4. The molecule has 2 rings (SSSR count). The zero-order valence-corrected chi connectivity index (χ0v) is 11.4. The fourth-order valence-corrected chi connectivity index (χ4v) is 1.76. The second-order valence-electron chi connectivity index (χ2n) is 4.38. The molecule has 0 aliphatic heterocycles. The molecule has 1 atom stereocenters. The average Bonchev–Trinajstić information content (AvgIpc) is 2.55. The van der Waals surface area contributed by atoms with E-state index >= 15 is 0 Å². The summed E-state index contributed by atoms with van der Waals surface area (Å²) in [6, 6.07) is 10.5. The van der Waals surface area contributed by atoms with Crippen molar-refractivity contribution in [2.75, 3.05) is 6.54 Å². The Hall–Kier alpha value is -2.76. The van der Waals surface area contributed by atoms with Crippen LogP contribution >= 0.6 is 0 Å². The summed E-state index contributed by atoms with van der Waals surface area (Å²) in [5, 5.41) is 5.33. The molecule has 0 aromatic carbocycles. The van der Waals surface area contributed by atoms with E-state index in [9.17, 15) is 9.59 Å². The molecule has 6 nitrogen and oxygen atoms in total. The number of aromatic nitrogens is 2. The molecule has 0 saturated carbocycles. The summed E-state index contributed by atoms with van der Waals surface area (Å²) in [6.45, 7) is 0.538. The summed E-state index contributed by atoms with van der Waals surface area (Å²) >= 11 is 0. The van der Waals surface area contributed by atoms with Crippen molar-refractivity contribution in [1.29, 1.82) is 0 Å². The van der Waals surface area contributed by atoms with E-state index in [2.05, 4.69) is 20.6 Å². The van der Waals surface area contributed by atoms with Gasteiger partial charge in [-0.15, -0.1) is 0 Å². The monoisotopic (exact) mass is 284 g/mol. The SMILES string of the molecule is O=CC(CNC(=O)NCc1ccccn1)c1ccccn1. The van der Waals surface area contributed by atoms with Crippen molar-refractivity contribution in [1.82, 2.24) is 20.6 Å². The van der Waals surface area contributed by atoms with Gasteiger partial charge >= 0.3 is 6.03 Å². The van der Waals surface area contributed by atoms with E-state index in [1.807, 2.05) is 18.2 Å². The number of aldehydes is 1. The Morgan fingerprint density at radius 3 is 2.48 bits per heavy atom. The van der Waals surface area contributed by atoms with Gasteiger partial charge in [0, 0.05) is 18.9 Å². The number of rotatable bonds is 6. The fourth-order valence-electron chi connectivity index (χ4n) is 1.76. The first-order valence-electron chi connectivity index (χ1n) is 6.57. The lowest BCUT2D eigenvalue weighted by Gasteiger charge is -2.11. The van der Waals surface area contributed by atoms with E-state index < -0.39 is 5.92 Å². The van der Waals surface area contributed by atoms with Crippen molar-refractivity contribution in [2.24, 2.45) is 0 Å². The van der Waals surface area contributed by atoms with Crippen LogP contribution < -0.4 is 10.6 Å². The molecular weight excluding hydrogens is 268 g/mol. The van der Waals surface area contributed by atoms with Gasteiger partial charge < -0.3 is 15.4 Å². The number of nitrogens with zero attached hydrogens (tertiary/aromatic N) is 2. The van der Waals surface area contributed by atoms with Crippen LogP contribution in [-0.4, -0.2) is 28.8 Å². The third-order valence-electron chi connectivity index (χ3n) is 2.87. The largest absolute Gasteiger partial charge is 0.337 e. The van der Waals surface area contributed by atoms with Crippen molar-refractivity contribution in [3.8, 4) is 0 Å². The predicted molar refractivity (Wildman–Crippen MR) is 77.5 cm³/mol. The van der Waals surface area contributed by atoms with Crippen molar-refractivity contribution in [3.05, 3.63) is 60.2 Å². The van der Waals surface area contributed by atoms with E-state index in [1.54, 1.807) is 30.6 Å². The Bertz CT molecular complexity index is 575. The van der Waals surface area contributed by atoms with Crippen LogP contribution in [0.3, 0.4) is 0 Å². The molecule has 108 valence electrons. The third kappa shape index (κ3) is 4.68. The molecule has 0 fully saturated rings. The van der Waals surface area contributed by atoms with Crippen LogP contribution in [0.5, 0.6) is 0 Å². The zero-order chi connectivity index (χ0) is 14.9. The van der Waals surface area contributed by atoms with Crippen LogP contribution in [-0.2, 0) is 11.3 Å². The lowest BCUT2D eigenvalue weighted by molar-refractivity contribution is -0.109. The Balaban J connectivity index is 1.79. The maximum Gasteiger partial charge on any atom is 0.315 e. The first-order chi connectivity index (χ1) is 10.3. The van der Waals surface area contributed by atoms with E-state index in [4.69, 9.17) is 0 Å².